The lowest BCUT2D eigenvalue weighted by molar-refractivity contribution is 0.150. The van der Waals surface area contributed by atoms with E-state index in [1.54, 1.807) is 0 Å². The maximum Gasteiger partial charge on any atom is 0.103 e. The quantitative estimate of drug-likeness (QED) is 0.739. The Kier molecular flexibility index (Phi) is 5.20. The summed E-state index contributed by atoms with van der Waals surface area (Å²) in [4.78, 5) is 4.86. The minimum atomic E-state index is -0.355. The fraction of sp³-hybridized carbons (Fsp3) is 0.917. The first-order valence-electron chi connectivity index (χ1n) is 6.11. The van der Waals surface area contributed by atoms with Gasteiger partial charge in [0, 0.05) is 26.2 Å². The summed E-state index contributed by atoms with van der Waals surface area (Å²) in [7, 11) is 4.03. The van der Waals surface area contributed by atoms with E-state index in [-0.39, 0.29) is 5.54 Å². The van der Waals surface area contributed by atoms with E-state index < -0.39 is 0 Å². The van der Waals surface area contributed by atoms with Crippen LogP contribution in [0.2, 0.25) is 0 Å². The van der Waals surface area contributed by atoms with Crippen molar-refractivity contribution in [2.75, 3.05) is 46.8 Å². The molecule has 1 saturated heterocycles. The fourth-order valence-electron chi connectivity index (χ4n) is 1.96. The first kappa shape index (κ1) is 13.4. The number of nitriles is 1. The largest absolute Gasteiger partial charge is 0.304 e. The first-order chi connectivity index (χ1) is 7.59. The zero-order valence-corrected chi connectivity index (χ0v) is 10.8. The van der Waals surface area contributed by atoms with Crippen LogP contribution in [-0.2, 0) is 0 Å². The molecule has 0 aromatic carbocycles. The number of rotatable bonds is 5. The minimum Gasteiger partial charge on any atom is -0.304 e. The Bertz CT molecular complexity index is 240. The fourth-order valence-corrected chi connectivity index (χ4v) is 1.96. The second-order valence-electron chi connectivity index (χ2n) is 4.94. The summed E-state index contributed by atoms with van der Waals surface area (Å²) in [5.41, 5.74) is -0.355. The van der Waals surface area contributed by atoms with Crippen molar-refractivity contribution in [3.63, 3.8) is 0 Å². The minimum absolute atomic E-state index is 0.355. The van der Waals surface area contributed by atoms with Crippen molar-refractivity contribution in [2.45, 2.75) is 25.3 Å². The van der Waals surface area contributed by atoms with Crippen molar-refractivity contribution >= 4 is 0 Å². The van der Waals surface area contributed by atoms with Crippen molar-refractivity contribution in [3.05, 3.63) is 0 Å². The molecular formula is C12H24N4. The highest BCUT2D eigenvalue weighted by Gasteiger charge is 2.21. The van der Waals surface area contributed by atoms with Crippen molar-refractivity contribution in [2.24, 2.45) is 0 Å². The molecule has 0 bridgehead atoms. The van der Waals surface area contributed by atoms with Crippen LogP contribution in [0.4, 0.5) is 0 Å². The third-order valence-electron chi connectivity index (χ3n) is 3.55. The summed E-state index contributed by atoms with van der Waals surface area (Å²) in [6.07, 6.45) is 2.01. The molecule has 1 N–H and O–H groups in total. The molecule has 0 aromatic heterocycles. The number of likely N-dealkylation sites (N-methyl/N-ethyl adjacent to an activating group) is 1. The summed E-state index contributed by atoms with van der Waals surface area (Å²) in [6, 6.07) is 2.34. The molecule has 0 aromatic rings. The van der Waals surface area contributed by atoms with Crippen LogP contribution < -0.4 is 5.32 Å². The Morgan fingerprint density at radius 2 is 1.94 bits per heavy atom. The molecule has 1 rings (SSSR count). The van der Waals surface area contributed by atoms with Crippen molar-refractivity contribution < 1.29 is 0 Å². The van der Waals surface area contributed by atoms with Crippen molar-refractivity contribution in [3.8, 4) is 6.07 Å². The third kappa shape index (κ3) is 4.09. The molecule has 0 radical (unpaired) electrons. The van der Waals surface area contributed by atoms with Gasteiger partial charge in [-0.3, -0.25) is 0 Å². The number of nitrogens with zero attached hydrogens (tertiary/aromatic N) is 3. The van der Waals surface area contributed by atoms with Gasteiger partial charge in [0.2, 0.25) is 0 Å². The Labute approximate surface area is 99.2 Å². The Balaban J connectivity index is 2.18. The van der Waals surface area contributed by atoms with Gasteiger partial charge in [-0.25, -0.2) is 0 Å². The molecule has 16 heavy (non-hydrogen) atoms. The van der Waals surface area contributed by atoms with E-state index in [0.717, 1.165) is 19.4 Å². The Morgan fingerprint density at radius 3 is 2.44 bits per heavy atom. The van der Waals surface area contributed by atoms with Gasteiger partial charge < -0.3 is 15.1 Å². The number of nitrogens with one attached hydrogen (secondary N) is 1. The predicted octanol–water partition coefficient (Wildman–Crippen LogP) is 0.516. The molecule has 0 saturated carbocycles. The van der Waals surface area contributed by atoms with Gasteiger partial charge in [-0.1, -0.05) is 0 Å². The second-order valence-corrected chi connectivity index (χ2v) is 4.94. The van der Waals surface area contributed by atoms with Gasteiger partial charge in [0.15, 0.2) is 0 Å². The zero-order valence-electron chi connectivity index (χ0n) is 10.8. The zero-order chi connectivity index (χ0) is 12.0. The number of hydrogen-bond acceptors (Lipinski definition) is 4. The van der Waals surface area contributed by atoms with Crippen LogP contribution in [0.1, 0.15) is 19.8 Å². The Hall–Kier alpha value is -0.630. The average Bonchev–Trinajstić information content (AvgIpc) is 2.31. The van der Waals surface area contributed by atoms with Gasteiger partial charge in [-0.2, -0.15) is 5.26 Å². The van der Waals surface area contributed by atoms with Gasteiger partial charge in [-0.05, 0) is 40.4 Å². The van der Waals surface area contributed by atoms with Gasteiger partial charge in [0.05, 0.1) is 6.07 Å². The van der Waals surface area contributed by atoms with Gasteiger partial charge in [-0.15, -0.1) is 0 Å². The maximum atomic E-state index is 9.02. The van der Waals surface area contributed by atoms with Crippen LogP contribution in [0.3, 0.4) is 0 Å². The molecule has 1 atom stereocenters. The van der Waals surface area contributed by atoms with E-state index in [0.29, 0.717) is 0 Å². The van der Waals surface area contributed by atoms with E-state index in [4.69, 9.17) is 5.26 Å². The van der Waals surface area contributed by atoms with Gasteiger partial charge in [0.25, 0.3) is 0 Å². The first-order valence-corrected chi connectivity index (χ1v) is 6.11. The van der Waals surface area contributed by atoms with Crippen LogP contribution in [0.25, 0.3) is 0 Å². The Morgan fingerprint density at radius 1 is 1.31 bits per heavy atom. The lowest BCUT2D eigenvalue weighted by atomic mass is 9.98. The molecule has 1 heterocycles. The van der Waals surface area contributed by atoms with Crippen LogP contribution in [0.15, 0.2) is 0 Å². The highest BCUT2D eigenvalue weighted by molar-refractivity contribution is 5.02. The molecule has 4 nitrogen and oxygen atoms in total. The lowest BCUT2D eigenvalue weighted by Gasteiger charge is -2.33. The molecule has 1 unspecified atom stereocenters. The smallest absolute Gasteiger partial charge is 0.103 e. The van der Waals surface area contributed by atoms with Crippen LogP contribution in [0.5, 0.6) is 0 Å². The predicted molar refractivity (Wildman–Crippen MR) is 66.2 cm³/mol. The van der Waals surface area contributed by atoms with Gasteiger partial charge in [0.1, 0.15) is 5.54 Å². The molecule has 0 spiro atoms. The molecule has 0 amide bonds. The number of piperazine rings is 1. The average molecular weight is 224 g/mol. The molecular weight excluding hydrogens is 200 g/mol. The van der Waals surface area contributed by atoms with E-state index >= 15 is 0 Å². The molecule has 1 fully saturated rings. The van der Waals surface area contributed by atoms with E-state index in [9.17, 15) is 0 Å². The second kappa shape index (κ2) is 6.19. The van der Waals surface area contributed by atoms with Crippen molar-refractivity contribution in [1.82, 2.24) is 15.1 Å². The third-order valence-corrected chi connectivity index (χ3v) is 3.55. The summed E-state index contributed by atoms with van der Waals surface area (Å²) >= 11 is 0. The van der Waals surface area contributed by atoms with Crippen molar-refractivity contribution in [1.29, 1.82) is 5.26 Å². The summed E-state index contributed by atoms with van der Waals surface area (Å²) in [5, 5.41) is 12.1. The molecule has 0 aliphatic carbocycles. The SMILES string of the molecule is CNC(C)(C#N)CCCN1CCN(C)CC1. The molecule has 92 valence electrons. The highest BCUT2D eigenvalue weighted by Crippen LogP contribution is 2.11. The maximum absolute atomic E-state index is 9.02. The monoisotopic (exact) mass is 224 g/mol. The standard InChI is InChI=1S/C12H24N4/c1-12(11-13,14-2)5-4-6-16-9-7-15(3)8-10-16/h14H,4-10H2,1-3H3. The van der Waals surface area contributed by atoms with E-state index in [2.05, 4.69) is 28.2 Å². The highest BCUT2D eigenvalue weighted by atomic mass is 15.2. The van der Waals surface area contributed by atoms with Gasteiger partial charge >= 0.3 is 0 Å². The van der Waals surface area contributed by atoms with E-state index in [1.807, 2.05) is 14.0 Å². The van der Waals surface area contributed by atoms with E-state index in [1.165, 1.54) is 26.2 Å². The molecule has 4 heteroatoms. The van der Waals surface area contributed by atoms with Crippen LogP contribution in [-0.4, -0.2) is 62.2 Å². The summed E-state index contributed by atoms with van der Waals surface area (Å²) in [5.74, 6) is 0. The molecule has 1 aliphatic rings. The normalized spacial score (nSPS) is 22.6. The van der Waals surface area contributed by atoms with Crippen LogP contribution in [0, 0.1) is 11.3 Å². The lowest BCUT2D eigenvalue weighted by Crippen LogP contribution is -2.45. The van der Waals surface area contributed by atoms with Crippen LogP contribution >= 0.6 is 0 Å². The molecule has 1 aliphatic heterocycles. The summed E-state index contributed by atoms with van der Waals surface area (Å²) in [6.45, 7) is 7.76. The summed E-state index contributed by atoms with van der Waals surface area (Å²) < 4.78 is 0. The topological polar surface area (TPSA) is 42.3 Å². The number of hydrogen-bond donors (Lipinski definition) is 1.